The van der Waals surface area contributed by atoms with E-state index in [9.17, 15) is 9.59 Å². The van der Waals surface area contributed by atoms with Crippen LogP contribution in [0.25, 0.3) is 10.9 Å². The number of aromatic amines is 1. The standard InChI is InChI=1S/C21H17N5O2/c22-16-11-12-23-21(28)19(16)26-20(27)15-8-4-5-13-9-10-17(25-18(13)15)24-14-6-2-1-3-7-14/h1-12H,(H,24,25)(H,26,27)(H3,22,23,28). The molecule has 0 radical (unpaired) electrons. The highest BCUT2D eigenvalue weighted by atomic mass is 16.2. The van der Waals surface area contributed by atoms with Gasteiger partial charge in [-0.25, -0.2) is 4.98 Å². The third-order valence-corrected chi connectivity index (χ3v) is 4.24. The number of nitrogens with two attached hydrogens (primary N) is 1. The summed E-state index contributed by atoms with van der Waals surface area (Å²) >= 11 is 0. The average Bonchev–Trinajstić information content (AvgIpc) is 2.71. The lowest BCUT2D eigenvalue weighted by Crippen LogP contribution is -2.21. The van der Waals surface area contributed by atoms with E-state index in [0.717, 1.165) is 11.1 Å². The Balaban J connectivity index is 1.71. The number of nitrogens with zero attached hydrogens (tertiary/aromatic N) is 1. The van der Waals surface area contributed by atoms with Crippen LogP contribution in [0.2, 0.25) is 0 Å². The van der Waals surface area contributed by atoms with Gasteiger partial charge in [-0.1, -0.05) is 30.3 Å². The molecule has 138 valence electrons. The van der Waals surface area contributed by atoms with E-state index in [-0.39, 0.29) is 11.4 Å². The van der Waals surface area contributed by atoms with Crippen molar-refractivity contribution < 1.29 is 4.79 Å². The molecule has 7 nitrogen and oxygen atoms in total. The van der Waals surface area contributed by atoms with Gasteiger partial charge in [0.15, 0.2) is 0 Å². The number of amides is 1. The highest BCUT2D eigenvalue weighted by Gasteiger charge is 2.15. The summed E-state index contributed by atoms with van der Waals surface area (Å²) in [4.78, 5) is 31.9. The maximum absolute atomic E-state index is 12.8. The number of carbonyl (C=O) groups is 1. The van der Waals surface area contributed by atoms with Crippen LogP contribution in [0.1, 0.15) is 10.4 Å². The third-order valence-electron chi connectivity index (χ3n) is 4.24. The summed E-state index contributed by atoms with van der Waals surface area (Å²) in [6.45, 7) is 0. The molecule has 2 aromatic carbocycles. The maximum Gasteiger partial charge on any atom is 0.273 e. The van der Waals surface area contributed by atoms with Gasteiger partial charge in [0.05, 0.1) is 16.8 Å². The van der Waals surface area contributed by atoms with E-state index in [0.29, 0.717) is 16.9 Å². The molecule has 0 saturated heterocycles. The van der Waals surface area contributed by atoms with E-state index < -0.39 is 11.5 Å². The maximum atomic E-state index is 12.8. The minimum Gasteiger partial charge on any atom is -0.397 e. The molecule has 28 heavy (non-hydrogen) atoms. The van der Waals surface area contributed by atoms with E-state index in [1.165, 1.54) is 12.3 Å². The molecule has 0 bridgehead atoms. The van der Waals surface area contributed by atoms with E-state index in [4.69, 9.17) is 5.73 Å². The Morgan fingerprint density at radius 3 is 2.57 bits per heavy atom. The van der Waals surface area contributed by atoms with Crippen LogP contribution in [0.4, 0.5) is 22.9 Å². The summed E-state index contributed by atoms with van der Waals surface area (Å²) < 4.78 is 0. The molecule has 7 heteroatoms. The SMILES string of the molecule is Nc1cc[nH]c(=O)c1NC(=O)c1cccc2ccc(Nc3ccccc3)nc12. The van der Waals surface area contributed by atoms with Crippen LogP contribution in [0.15, 0.2) is 77.7 Å². The summed E-state index contributed by atoms with van der Waals surface area (Å²) in [5, 5.41) is 6.61. The topological polar surface area (TPSA) is 113 Å². The van der Waals surface area contributed by atoms with Crippen LogP contribution in [-0.4, -0.2) is 15.9 Å². The smallest absolute Gasteiger partial charge is 0.273 e. The molecule has 5 N–H and O–H groups in total. The summed E-state index contributed by atoms with van der Waals surface area (Å²) in [5.41, 5.74) is 7.31. The van der Waals surface area contributed by atoms with Gasteiger partial charge in [-0.15, -0.1) is 0 Å². The molecule has 0 aliphatic rings. The summed E-state index contributed by atoms with van der Waals surface area (Å²) in [6, 6.07) is 20.2. The number of pyridine rings is 2. The number of nitrogen functional groups attached to an aromatic ring is 1. The number of rotatable bonds is 4. The van der Waals surface area contributed by atoms with Gasteiger partial charge in [0.1, 0.15) is 11.5 Å². The first-order valence-electron chi connectivity index (χ1n) is 8.62. The van der Waals surface area contributed by atoms with Crippen molar-refractivity contribution in [3.63, 3.8) is 0 Å². The Morgan fingerprint density at radius 2 is 1.79 bits per heavy atom. The quantitative estimate of drug-likeness (QED) is 0.438. The molecule has 2 heterocycles. The zero-order valence-electron chi connectivity index (χ0n) is 14.8. The van der Waals surface area contributed by atoms with Gasteiger partial charge in [0, 0.05) is 17.3 Å². The Kier molecular flexibility index (Phi) is 4.47. The van der Waals surface area contributed by atoms with Gasteiger partial charge >= 0.3 is 0 Å². The van der Waals surface area contributed by atoms with Gasteiger partial charge in [0.25, 0.3) is 11.5 Å². The first-order chi connectivity index (χ1) is 13.6. The molecule has 1 amide bonds. The van der Waals surface area contributed by atoms with Crippen molar-refractivity contribution in [2.24, 2.45) is 0 Å². The Labute approximate surface area is 160 Å². The van der Waals surface area contributed by atoms with Crippen molar-refractivity contribution >= 4 is 39.7 Å². The second-order valence-corrected chi connectivity index (χ2v) is 6.16. The molecule has 0 atom stereocenters. The number of fused-ring (bicyclic) bond motifs is 1. The molecule has 0 fully saturated rings. The van der Waals surface area contributed by atoms with E-state index in [1.807, 2.05) is 48.5 Å². The molecule has 0 saturated carbocycles. The number of benzene rings is 2. The third kappa shape index (κ3) is 3.41. The first kappa shape index (κ1) is 17.3. The summed E-state index contributed by atoms with van der Waals surface area (Å²) in [5.74, 6) is 0.148. The zero-order valence-corrected chi connectivity index (χ0v) is 14.8. The van der Waals surface area contributed by atoms with Crippen LogP contribution in [0.3, 0.4) is 0 Å². The lowest BCUT2D eigenvalue weighted by molar-refractivity contribution is 0.102. The predicted molar refractivity (Wildman–Crippen MR) is 111 cm³/mol. The average molecular weight is 371 g/mol. The number of para-hydroxylation sites is 2. The number of nitrogens with one attached hydrogen (secondary N) is 3. The van der Waals surface area contributed by atoms with Crippen LogP contribution in [0, 0.1) is 0 Å². The fourth-order valence-electron chi connectivity index (χ4n) is 2.87. The van der Waals surface area contributed by atoms with Crippen LogP contribution in [-0.2, 0) is 0 Å². The Hall–Kier alpha value is -4.13. The second kappa shape index (κ2) is 7.24. The van der Waals surface area contributed by atoms with Crippen molar-refractivity contribution in [1.29, 1.82) is 0 Å². The summed E-state index contributed by atoms with van der Waals surface area (Å²) in [7, 11) is 0. The lowest BCUT2D eigenvalue weighted by Gasteiger charge is -2.11. The molecular formula is C21H17N5O2. The minimum atomic E-state index is -0.465. The molecule has 0 spiro atoms. The van der Waals surface area contributed by atoms with Crippen LogP contribution >= 0.6 is 0 Å². The fourth-order valence-corrected chi connectivity index (χ4v) is 2.87. The number of hydrogen-bond acceptors (Lipinski definition) is 5. The number of anilines is 4. The van der Waals surface area contributed by atoms with Crippen molar-refractivity contribution in [2.75, 3.05) is 16.4 Å². The second-order valence-electron chi connectivity index (χ2n) is 6.16. The summed E-state index contributed by atoms with van der Waals surface area (Å²) in [6.07, 6.45) is 1.42. The zero-order chi connectivity index (χ0) is 19.5. The van der Waals surface area contributed by atoms with E-state index in [1.54, 1.807) is 12.1 Å². The van der Waals surface area contributed by atoms with Crippen molar-refractivity contribution in [3.05, 3.63) is 88.8 Å². The number of carbonyl (C=O) groups excluding carboxylic acids is 1. The minimum absolute atomic E-state index is 0.0167. The number of hydrogen-bond donors (Lipinski definition) is 4. The van der Waals surface area contributed by atoms with Gasteiger partial charge in [0.2, 0.25) is 0 Å². The van der Waals surface area contributed by atoms with Crippen molar-refractivity contribution in [3.8, 4) is 0 Å². The van der Waals surface area contributed by atoms with Gasteiger partial charge < -0.3 is 21.4 Å². The monoisotopic (exact) mass is 371 g/mol. The normalized spacial score (nSPS) is 10.6. The largest absolute Gasteiger partial charge is 0.397 e. The number of aromatic nitrogens is 2. The molecular weight excluding hydrogens is 354 g/mol. The van der Waals surface area contributed by atoms with E-state index >= 15 is 0 Å². The van der Waals surface area contributed by atoms with Crippen LogP contribution < -0.4 is 21.9 Å². The van der Waals surface area contributed by atoms with Crippen LogP contribution in [0.5, 0.6) is 0 Å². The van der Waals surface area contributed by atoms with Gasteiger partial charge in [-0.2, -0.15) is 0 Å². The molecule has 4 aromatic rings. The fraction of sp³-hybridized carbons (Fsp3) is 0. The molecule has 0 aliphatic heterocycles. The van der Waals surface area contributed by atoms with Gasteiger partial charge in [-0.05, 0) is 36.4 Å². The predicted octanol–water partition coefficient (Wildman–Crippen LogP) is 3.50. The molecule has 2 aromatic heterocycles. The lowest BCUT2D eigenvalue weighted by atomic mass is 10.1. The van der Waals surface area contributed by atoms with Crippen molar-refractivity contribution in [1.82, 2.24) is 9.97 Å². The molecule has 0 aliphatic carbocycles. The van der Waals surface area contributed by atoms with E-state index in [2.05, 4.69) is 20.6 Å². The molecule has 0 unspecified atom stereocenters. The Bertz CT molecular complexity index is 1220. The molecule has 4 rings (SSSR count). The highest BCUT2D eigenvalue weighted by molar-refractivity contribution is 6.12. The van der Waals surface area contributed by atoms with Gasteiger partial charge in [-0.3, -0.25) is 9.59 Å². The van der Waals surface area contributed by atoms with Crippen molar-refractivity contribution in [2.45, 2.75) is 0 Å². The first-order valence-corrected chi connectivity index (χ1v) is 8.62. The Morgan fingerprint density at radius 1 is 0.964 bits per heavy atom. The number of H-pyrrole nitrogens is 1. The highest BCUT2D eigenvalue weighted by Crippen LogP contribution is 2.23.